The lowest BCUT2D eigenvalue weighted by molar-refractivity contribution is 0.0937. The van der Waals surface area contributed by atoms with Crippen molar-refractivity contribution in [1.82, 2.24) is 20.2 Å². The molecule has 0 radical (unpaired) electrons. The van der Waals surface area contributed by atoms with Gasteiger partial charge in [0.1, 0.15) is 11.4 Å². The second-order valence-corrected chi connectivity index (χ2v) is 4.97. The number of nitrogens with zero attached hydrogens (tertiary/aromatic N) is 3. The van der Waals surface area contributed by atoms with Crippen LogP contribution in [0.2, 0.25) is 0 Å². The summed E-state index contributed by atoms with van der Waals surface area (Å²) < 4.78 is 5.14. The zero-order valence-corrected chi connectivity index (χ0v) is 12.3. The summed E-state index contributed by atoms with van der Waals surface area (Å²) in [5.74, 6) is 0.741. The summed E-state index contributed by atoms with van der Waals surface area (Å²) in [6, 6.07) is 0.432. The van der Waals surface area contributed by atoms with Crippen LogP contribution in [0.1, 0.15) is 35.9 Å². The van der Waals surface area contributed by atoms with Crippen molar-refractivity contribution < 1.29 is 9.53 Å². The Labute approximate surface area is 119 Å². The quantitative estimate of drug-likeness (QED) is 0.870. The van der Waals surface area contributed by atoms with E-state index in [9.17, 15) is 4.79 Å². The fraction of sp³-hybridized carbons (Fsp3) is 0.643. The molecule has 0 saturated carbocycles. The Morgan fingerprint density at radius 1 is 1.60 bits per heavy atom. The molecule has 1 aromatic heterocycles. The Kier molecular flexibility index (Phi) is 4.89. The average Bonchev–Trinajstić information content (AvgIpc) is 2.92. The minimum atomic E-state index is -0.176. The van der Waals surface area contributed by atoms with E-state index in [1.54, 1.807) is 6.92 Å². The van der Waals surface area contributed by atoms with Crippen molar-refractivity contribution in [3.63, 3.8) is 0 Å². The first-order valence-electron chi connectivity index (χ1n) is 7.05. The van der Waals surface area contributed by atoms with E-state index in [0.29, 0.717) is 29.9 Å². The van der Waals surface area contributed by atoms with Gasteiger partial charge in [-0.15, -0.1) is 0 Å². The number of nitrogens with one attached hydrogen (secondary N) is 1. The van der Waals surface area contributed by atoms with Crippen molar-refractivity contribution in [3.8, 4) is 5.88 Å². The maximum absolute atomic E-state index is 12.2. The van der Waals surface area contributed by atoms with E-state index < -0.39 is 0 Å². The molecule has 2 heterocycles. The third-order valence-electron chi connectivity index (χ3n) is 3.72. The summed E-state index contributed by atoms with van der Waals surface area (Å²) in [5, 5.41) is 2.96. The molecule has 110 valence electrons. The molecule has 0 spiro atoms. The first kappa shape index (κ1) is 14.7. The van der Waals surface area contributed by atoms with Gasteiger partial charge in [-0.25, -0.2) is 4.98 Å². The van der Waals surface area contributed by atoms with Crippen molar-refractivity contribution in [1.29, 1.82) is 0 Å². The van der Waals surface area contributed by atoms with E-state index >= 15 is 0 Å². The summed E-state index contributed by atoms with van der Waals surface area (Å²) in [5.41, 5.74) is 0.388. The fourth-order valence-electron chi connectivity index (χ4n) is 2.61. The number of rotatable bonds is 5. The number of hydrogen-bond acceptors (Lipinski definition) is 5. The molecule has 1 fully saturated rings. The molecule has 1 aromatic rings. The molecule has 1 atom stereocenters. The van der Waals surface area contributed by atoms with E-state index in [1.165, 1.54) is 19.7 Å². The molecule has 0 aliphatic carbocycles. The van der Waals surface area contributed by atoms with Gasteiger partial charge in [0.2, 0.25) is 5.88 Å². The Hall–Kier alpha value is -1.69. The zero-order chi connectivity index (χ0) is 14.5. The fourth-order valence-corrected chi connectivity index (χ4v) is 2.61. The maximum Gasteiger partial charge on any atom is 0.258 e. The van der Waals surface area contributed by atoms with E-state index in [4.69, 9.17) is 4.74 Å². The lowest BCUT2D eigenvalue weighted by Crippen LogP contribution is -2.40. The van der Waals surface area contributed by atoms with Crippen molar-refractivity contribution in [3.05, 3.63) is 17.6 Å². The summed E-state index contributed by atoms with van der Waals surface area (Å²) in [6.45, 7) is 6.72. The number of carbonyl (C=O) groups is 1. The number of likely N-dealkylation sites (N-methyl/N-ethyl adjacent to an activating group) is 1. The third-order valence-corrected chi connectivity index (χ3v) is 3.72. The number of methoxy groups -OCH3 is 1. The Morgan fingerprint density at radius 3 is 3.10 bits per heavy atom. The van der Waals surface area contributed by atoms with Gasteiger partial charge in [0, 0.05) is 18.8 Å². The summed E-state index contributed by atoms with van der Waals surface area (Å²) in [4.78, 5) is 22.8. The van der Waals surface area contributed by atoms with Crippen molar-refractivity contribution in [2.45, 2.75) is 32.7 Å². The smallest absolute Gasteiger partial charge is 0.258 e. The van der Waals surface area contributed by atoms with Gasteiger partial charge >= 0.3 is 0 Å². The van der Waals surface area contributed by atoms with Gasteiger partial charge in [0.15, 0.2) is 0 Å². The SMILES string of the molecule is CCN1CCC[C@@H]1CNC(=O)c1cnc(C)nc1OC. The molecule has 1 aliphatic rings. The standard InChI is InChI=1S/C14H22N4O2/c1-4-18-7-5-6-11(18)8-16-13(19)12-9-15-10(2)17-14(12)20-3/h9,11H,4-8H2,1-3H3,(H,16,19)/t11-/m1/s1. The minimum absolute atomic E-state index is 0.176. The largest absolute Gasteiger partial charge is 0.480 e. The summed E-state index contributed by atoms with van der Waals surface area (Å²) in [6.07, 6.45) is 3.85. The van der Waals surface area contributed by atoms with Crippen molar-refractivity contribution >= 4 is 5.91 Å². The topological polar surface area (TPSA) is 67.4 Å². The van der Waals surface area contributed by atoms with Crippen LogP contribution in [0.15, 0.2) is 6.20 Å². The summed E-state index contributed by atoms with van der Waals surface area (Å²) >= 11 is 0. The monoisotopic (exact) mass is 278 g/mol. The van der Waals surface area contributed by atoms with E-state index in [-0.39, 0.29) is 5.91 Å². The molecule has 6 heteroatoms. The van der Waals surface area contributed by atoms with Gasteiger partial charge in [0.05, 0.1) is 7.11 Å². The first-order valence-corrected chi connectivity index (χ1v) is 7.05. The van der Waals surface area contributed by atoms with Gasteiger partial charge in [0.25, 0.3) is 5.91 Å². The van der Waals surface area contributed by atoms with Crippen LogP contribution in [0, 0.1) is 6.92 Å². The highest BCUT2D eigenvalue weighted by Crippen LogP contribution is 2.17. The summed E-state index contributed by atoms with van der Waals surface area (Å²) in [7, 11) is 1.51. The highest BCUT2D eigenvalue weighted by atomic mass is 16.5. The van der Waals surface area contributed by atoms with E-state index in [0.717, 1.165) is 19.5 Å². The van der Waals surface area contributed by atoms with Gasteiger partial charge in [-0.2, -0.15) is 4.98 Å². The second kappa shape index (κ2) is 6.65. The van der Waals surface area contributed by atoms with Gasteiger partial charge < -0.3 is 10.1 Å². The number of hydrogen-bond donors (Lipinski definition) is 1. The lowest BCUT2D eigenvalue weighted by atomic mass is 10.2. The number of aryl methyl sites for hydroxylation is 1. The number of aromatic nitrogens is 2. The maximum atomic E-state index is 12.2. The molecule has 1 amide bonds. The Morgan fingerprint density at radius 2 is 2.40 bits per heavy atom. The predicted molar refractivity (Wildman–Crippen MR) is 75.9 cm³/mol. The second-order valence-electron chi connectivity index (χ2n) is 4.97. The van der Waals surface area contributed by atoms with Gasteiger partial charge in [-0.3, -0.25) is 9.69 Å². The molecule has 0 aromatic carbocycles. The van der Waals surface area contributed by atoms with Crippen LogP contribution in [0.4, 0.5) is 0 Å². The molecule has 0 bridgehead atoms. The van der Waals surface area contributed by atoms with Crippen LogP contribution in [-0.2, 0) is 0 Å². The third kappa shape index (κ3) is 3.25. The highest BCUT2D eigenvalue weighted by Gasteiger charge is 2.24. The minimum Gasteiger partial charge on any atom is -0.480 e. The number of amides is 1. The van der Waals surface area contributed by atoms with Gasteiger partial charge in [-0.05, 0) is 32.9 Å². The molecule has 1 saturated heterocycles. The van der Waals surface area contributed by atoms with Crippen LogP contribution in [0.25, 0.3) is 0 Å². The molecule has 1 N–H and O–H groups in total. The highest BCUT2D eigenvalue weighted by molar-refractivity contribution is 5.96. The molecular weight excluding hydrogens is 256 g/mol. The molecule has 0 unspecified atom stereocenters. The van der Waals surface area contributed by atoms with Crippen LogP contribution in [-0.4, -0.2) is 53.6 Å². The zero-order valence-electron chi connectivity index (χ0n) is 12.3. The number of carbonyl (C=O) groups excluding carboxylic acids is 1. The first-order chi connectivity index (χ1) is 9.65. The Bertz CT molecular complexity index is 478. The molecule has 1 aliphatic heterocycles. The lowest BCUT2D eigenvalue weighted by Gasteiger charge is -2.22. The molecule has 6 nitrogen and oxygen atoms in total. The normalized spacial score (nSPS) is 19.1. The molecule has 2 rings (SSSR count). The van der Waals surface area contributed by atoms with E-state index in [1.807, 2.05) is 0 Å². The molecule has 20 heavy (non-hydrogen) atoms. The van der Waals surface area contributed by atoms with Crippen molar-refractivity contribution in [2.75, 3.05) is 26.7 Å². The van der Waals surface area contributed by atoms with Crippen LogP contribution < -0.4 is 10.1 Å². The van der Waals surface area contributed by atoms with Crippen LogP contribution >= 0.6 is 0 Å². The van der Waals surface area contributed by atoms with Crippen LogP contribution in [0.3, 0.4) is 0 Å². The van der Waals surface area contributed by atoms with Crippen LogP contribution in [0.5, 0.6) is 5.88 Å². The predicted octanol–water partition coefficient (Wildman–Crippen LogP) is 1.01. The number of ether oxygens (including phenoxy) is 1. The van der Waals surface area contributed by atoms with E-state index in [2.05, 4.69) is 27.1 Å². The number of likely N-dealkylation sites (tertiary alicyclic amines) is 1. The van der Waals surface area contributed by atoms with Crippen molar-refractivity contribution in [2.24, 2.45) is 0 Å². The Balaban J connectivity index is 1.98. The molecular formula is C14H22N4O2. The average molecular weight is 278 g/mol. The van der Waals surface area contributed by atoms with Gasteiger partial charge in [-0.1, -0.05) is 6.92 Å².